The van der Waals surface area contributed by atoms with Crippen LogP contribution in [0.15, 0.2) is 0 Å². The zero-order valence-electron chi connectivity index (χ0n) is 42.8. The Morgan fingerprint density at radius 3 is 2.03 bits per heavy atom. The van der Waals surface area contributed by atoms with Gasteiger partial charge in [-0.05, 0) is 87.0 Å². The number of aliphatic hydroxyl groups is 2. The maximum Gasteiger partial charge on any atom is 0.338 e. The van der Waals surface area contributed by atoms with Crippen molar-refractivity contribution < 1.29 is 77.0 Å². The first-order valence-corrected chi connectivity index (χ1v) is 24.9. The smallest absolute Gasteiger partial charge is 0.338 e. The summed E-state index contributed by atoms with van der Waals surface area (Å²) in [4.78, 5) is 12.0. The lowest BCUT2D eigenvalue weighted by Crippen LogP contribution is -2.72. The van der Waals surface area contributed by atoms with Crippen molar-refractivity contribution in [2.24, 2.45) is 29.6 Å². The number of carboxylic acid groups (broad SMARTS) is 1. The fourth-order valence-electron chi connectivity index (χ4n) is 13.9. The number of carbonyl (C=O) groups is 1. The van der Waals surface area contributed by atoms with Crippen molar-refractivity contribution in [3.8, 4) is 0 Å². The minimum Gasteiger partial charge on any atom is -0.479 e. The molecule has 0 aromatic rings. The van der Waals surface area contributed by atoms with Gasteiger partial charge in [0.15, 0.2) is 12.1 Å². The van der Waals surface area contributed by atoms with Crippen molar-refractivity contribution in [1.29, 1.82) is 0 Å². The van der Waals surface area contributed by atoms with Crippen LogP contribution >= 0.6 is 0 Å². The third-order valence-corrected chi connectivity index (χ3v) is 18.7. The molecule has 3 N–H and O–H groups in total. The van der Waals surface area contributed by atoms with Gasteiger partial charge in [-0.1, -0.05) is 34.6 Å². The van der Waals surface area contributed by atoms with Gasteiger partial charge in [-0.15, -0.1) is 0 Å². The Morgan fingerprint density at radius 1 is 0.742 bits per heavy atom. The van der Waals surface area contributed by atoms with Crippen molar-refractivity contribution in [2.45, 2.75) is 254 Å². The van der Waals surface area contributed by atoms with E-state index in [-0.39, 0.29) is 79.1 Å². The number of ether oxygens (including phenoxy) is 12. The number of carboxylic acids is 1. The standard InChI is InChI=1S/C50H86O16/c1-26-25-45(9,66-50(26)27(2)36(56-14)23-32(62-50)24-38-47(11,58-16)42(57-15)30(5)49(54,64-38)41(51)43(52)53)37-19-17-34(60-37)35-21-22-46(10,63-35)48(12)29(4)40(28(3)44(7,8)65-48)61-39-20-18-33(55-13)31(6)59-39/h26-42,51,54H,17-25H2,1-16H3,(H,52,53). The molecule has 1 spiro atoms. The van der Waals surface area contributed by atoms with Crippen molar-refractivity contribution >= 4 is 5.97 Å². The Hall–Kier alpha value is -1.09. The molecular formula is C50H86O16. The summed E-state index contributed by atoms with van der Waals surface area (Å²) in [5, 5.41) is 32.3. The van der Waals surface area contributed by atoms with Crippen molar-refractivity contribution in [3.05, 3.63) is 0 Å². The monoisotopic (exact) mass is 943 g/mol. The summed E-state index contributed by atoms with van der Waals surface area (Å²) >= 11 is 0. The van der Waals surface area contributed by atoms with Gasteiger partial charge >= 0.3 is 5.97 Å². The van der Waals surface area contributed by atoms with Crippen LogP contribution in [0, 0.1) is 29.6 Å². The largest absolute Gasteiger partial charge is 0.479 e. The highest BCUT2D eigenvalue weighted by atomic mass is 16.7. The van der Waals surface area contributed by atoms with E-state index >= 15 is 0 Å². The summed E-state index contributed by atoms with van der Waals surface area (Å²) in [7, 11) is 6.42. The number of hydrogen-bond donors (Lipinski definition) is 3. The van der Waals surface area contributed by atoms with Crippen molar-refractivity contribution in [2.75, 3.05) is 28.4 Å². The van der Waals surface area contributed by atoms with E-state index in [4.69, 9.17) is 56.8 Å². The number of methoxy groups -OCH3 is 4. The molecule has 23 atom stereocenters. The van der Waals surface area contributed by atoms with Gasteiger partial charge in [-0.3, -0.25) is 0 Å². The van der Waals surface area contributed by atoms with E-state index in [1.165, 1.54) is 14.2 Å². The van der Waals surface area contributed by atoms with E-state index in [9.17, 15) is 20.1 Å². The lowest BCUT2D eigenvalue weighted by Gasteiger charge is -2.60. The van der Waals surface area contributed by atoms with Gasteiger partial charge in [0, 0.05) is 77.3 Å². The lowest BCUT2D eigenvalue weighted by molar-refractivity contribution is -0.389. The zero-order valence-corrected chi connectivity index (χ0v) is 42.8. The molecule has 7 rings (SSSR count). The Balaban J connectivity index is 1.05. The van der Waals surface area contributed by atoms with Gasteiger partial charge in [-0.25, -0.2) is 4.79 Å². The van der Waals surface area contributed by atoms with Gasteiger partial charge in [0.05, 0.1) is 83.4 Å². The number of aliphatic carboxylic acids is 1. The molecule has 382 valence electrons. The molecular weight excluding hydrogens is 857 g/mol. The zero-order chi connectivity index (χ0) is 48.7. The summed E-state index contributed by atoms with van der Waals surface area (Å²) in [5.41, 5.74) is -3.60. The second-order valence-corrected chi connectivity index (χ2v) is 22.7. The second kappa shape index (κ2) is 18.8. The van der Waals surface area contributed by atoms with Crippen LogP contribution in [0.1, 0.15) is 141 Å². The maximum atomic E-state index is 12.0. The highest BCUT2D eigenvalue weighted by Gasteiger charge is 2.68. The average molecular weight is 943 g/mol. The van der Waals surface area contributed by atoms with Crippen LogP contribution in [-0.2, 0) is 61.6 Å². The Bertz CT molecular complexity index is 1700. The quantitative estimate of drug-likeness (QED) is 0.190. The first-order valence-electron chi connectivity index (χ1n) is 24.9. The third-order valence-electron chi connectivity index (χ3n) is 18.7. The molecule has 7 heterocycles. The first-order chi connectivity index (χ1) is 30.7. The normalized spacial score (nSPS) is 53.6. The SMILES string of the molecule is COC1CCC(OC2C(C)C(C)(C)OC(C)(C3(C)CCC(C4CCC(C5(C)CC(C)C6(OC(CC7OC(O)(C(O)C(=O)O)C(C)C(OC)C7(C)OC)CC(OC)C6C)O5)O4)O3)C2C)OC1C. The number of aliphatic hydroxyl groups excluding tert-OH is 1. The molecule has 16 nitrogen and oxygen atoms in total. The van der Waals surface area contributed by atoms with Crippen LogP contribution in [0.5, 0.6) is 0 Å². The highest BCUT2D eigenvalue weighted by molar-refractivity contribution is 5.73. The molecule has 7 saturated heterocycles. The van der Waals surface area contributed by atoms with E-state index in [1.54, 1.807) is 21.1 Å². The second-order valence-electron chi connectivity index (χ2n) is 22.7. The summed E-state index contributed by atoms with van der Waals surface area (Å²) in [5.74, 6) is -6.24. The van der Waals surface area contributed by atoms with E-state index in [0.717, 1.165) is 38.5 Å². The summed E-state index contributed by atoms with van der Waals surface area (Å²) < 4.78 is 79.1. The third kappa shape index (κ3) is 8.66. The van der Waals surface area contributed by atoms with Crippen LogP contribution in [0.25, 0.3) is 0 Å². The van der Waals surface area contributed by atoms with Crippen molar-refractivity contribution in [3.63, 3.8) is 0 Å². The molecule has 16 heteroatoms. The van der Waals surface area contributed by atoms with Gasteiger partial charge < -0.3 is 72.2 Å². The molecule has 7 aliphatic heterocycles. The molecule has 0 aromatic carbocycles. The summed E-state index contributed by atoms with van der Waals surface area (Å²) in [6.07, 6.45) is 0.542. The Labute approximate surface area is 393 Å². The van der Waals surface area contributed by atoms with Gasteiger partial charge in [-0.2, -0.15) is 0 Å². The first kappa shape index (κ1) is 52.7. The molecule has 0 saturated carbocycles. The topological polar surface area (TPSA) is 189 Å². The van der Waals surface area contributed by atoms with E-state index in [0.29, 0.717) is 12.8 Å². The Kier molecular flexibility index (Phi) is 15.0. The van der Waals surface area contributed by atoms with Crippen LogP contribution in [0.4, 0.5) is 0 Å². The molecule has 0 bridgehead atoms. The predicted octanol–water partition coefficient (Wildman–Crippen LogP) is 6.17. The fourth-order valence-corrected chi connectivity index (χ4v) is 13.9. The molecule has 0 aliphatic carbocycles. The molecule has 0 amide bonds. The van der Waals surface area contributed by atoms with Crippen molar-refractivity contribution in [1.82, 2.24) is 0 Å². The minimum atomic E-state index is -2.47. The van der Waals surface area contributed by atoms with Crippen LogP contribution in [0.3, 0.4) is 0 Å². The Morgan fingerprint density at radius 2 is 1.42 bits per heavy atom. The summed E-state index contributed by atoms with van der Waals surface area (Å²) in [6, 6.07) is 0. The van der Waals surface area contributed by atoms with Crippen LogP contribution in [-0.4, -0.2) is 163 Å². The average Bonchev–Trinajstić information content (AvgIpc) is 3.99. The van der Waals surface area contributed by atoms with Crippen LogP contribution < -0.4 is 0 Å². The van der Waals surface area contributed by atoms with Gasteiger partial charge in [0.25, 0.3) is 0 Å². The van der Waals surface area contributed by atoms with E-state index < -0.39 is 75.9 Å². The maximum absolute atomic E-state index is 12.0. The van der Waals surface area contributed by atoms with Gasteiger partial charge in [0.1, 0.15) is 5.60 Å². The molecule has 66 heavy (non-hydrogen) atoms. The molecule has 0 aromatic heterocycles. The lowest BCUT2D eigenvalue weighted by atomic mass is 9.65. The fraction of sp³-hybridized carbons (Fsp3) is 0.980. The molecule has 23 unspecified atom stereocenters. The number of hydrogen-bond acceptors (Lipinski definition) is 15. The molecule has 0 radical (unpaired) electrons. The summed E-state index contributed by atoms with van der Waals surface area (Å²) in [6.45, 7) is 25.0. The minimum absolute atomic E-state index is 0.00157. The molecule has 7 aliphatic rings. The van der Waals surface area contributed by atoms with E-state index in [1.807, 2.05) is 6.92 Å². The van der Waals surface area contributed by atoms with Crippen LogP contribution in [0.2, 0.25) is 0 Å². The highest BCUT2D eigenvalue weighted by Crippen LogP contribution is 2.58. The number of rotatable bonds is 13. The van der Waals surface area contributed by atoms with E-state index in [2.05, 4.69) is 69.2 Å². The molecule has 7 fully saturated rings. The predicted molar refractivity (Wildman–Crippen MR) is 240 cm³/mol. The van der Waals surface area contributed by atoms with Gasteiger partial charge in [0.2, 0.25) is 11.9 Å².